The van der Waals surface area contributed by atoms with Crippen molar-refractivity contribution >= 4 is 27.3 Å². The Balaban J connectivity index is 1.67. The van der Waals surface area contributed by atoms with Crippen LogP contribution in [-0.4, -0.2) is 20.4 Å². The van der Waals surface area contributed by atoms with Crippen molar-refractivity contribution < 1.29 is 17.9 Å². The number of sulfonamides is 1. The largest absolute Gasteiger partial charge is 0.481 e. The van der Waals surface area contributed by atoms with Crippen molar-refractivity contribution in [2.45, 2.75) is 31.3 Å². The highest BCUT2D eigenvalue weighted by Gasteiger charge is 2.19. The molecule has 3 rings (SSSR count). The molecule has 0 fully saturated rings. The summed E-state index contributed by atoms with van der Waals surface area (Å²) in [5.41, 5.74) is 1.85. The van der Waals surface area contributed by atoms with Gasteiger partial charge in [-0.2, -0.15) is 0 Å². The number of nitrogens with one attached hydrogen (secondary N) is 2. The van der Waals surface area contributed by atoms with Gasteiger partial charge in [-0.05, 0) is 61.4 Å². The molecule has 0 saturated heterocycles. The number of anilines is 2. The Morgan fingerprint density at radius 3 is 2.20 bits per heavy atom. The molecule has 6 nitrogen and oxygen atoms in total. The van der Waals surface area contributed by atoms with Crippen LogP contribution in [0.1, 0.15) is 18.9 Å². The van der Waals surface area contributed by atoms with Crippen LogP contribution in [0.3, 0.4) is 0 Å². The van der Waals surface area contributed by atoms with Crippen LogP contribution in [0.2, 0.25) is 0 Å². The Kier molecular flexibility index (Phi) is 6.74. The third-order valence-corrected chi connectivity index (χ3v) is 5.89. The first-order valence-electron chi connectivity index (χ1n) is 9.60. The van der Waals surface area contributed by atoms with Crippen molar-refractivity contribution in [2.24, 2.45) is 0 Å². The van der Waals surface area contributed by atoms with Gasteiger partial charge in [0.1, 0.15) is 5.75 Å². The van der Waals surface area contributed by atoms with Crippen LogP contribution in [-0.2, 0) is 14.8 Å². The third kappa shape index (κ3) is 5.39. The smallest absolute Gasteiger partial charge is 0.265 e. The van der Waals surface area contributed by atoms with Gasteiger partial charge in [0.05, 0.1) is 10.6 Å². The number of benzene rings is 3. The fourth-order valence-corrected chi connectivity index (χ4v) is 3.95. The van der Waals surface area contributed by atoms with E-state index in [0.29, 0.717) is 23.5 Å². The average molecular weight is 425 g/mol. The molecule has 0 heterocycles. The second-order valence-corrected chi connectivity index (χ2v) is 8.44. The van der Waals surface area contributed by atoms with Crippen LogP contribution in [0.25, 0.3) is 0 Å². The van der Waals surface area contributed by atoms with Crippen molar-refractivity contribution in [1.82, 2.24) is 0 Å². The van der Waals surface area contributed by atoms with Crippen molar-refractivity contribution in [2.75, 3.05) is 10.0 Å². The molecular formula is C23H24N2O4S. The number of para-hydroxylation sites is 2. The van der Waals surface area contributed by atoms with E-state index in [4.69, 9.17) is 4.74 Å². The van der Waals surface area contributed by atoms with E-state index in [1.807, 2.05) is 44.2 Å². The number of hydrogen-bond acceptors (Lipinski definition) is 4. The van der Waals surface area contributed by atoms with Gasteiger partial charge in [0.15, 0.2) is 6.10 Å². The Morgan fingerprint density at radius 2 is 1.57 bits per heavy atom. The maximum atomic E-state index is 12.6. The van der Waals surface area contributed by atoms with Gasteiger partial charge >= 0.3 is 0 Å². The Morgan fingerprint density at radius 1 is 0.933 bits per heavy atom. The minimum absolute atomic E-state index is 0.108. The van der Waals surface area contributed by atoms with Crippen LogP contribution in [0.4, 0.5) is 11.4 Å². The molecule has 0 unspecified atom stereocenters. The molecule has 1 amide bonds. The van der Waals surface area contributed by atoms with Crippen LogP contribution in [0.5, 0.6) is 5.75 Å². The number of hydrogen-bond donors (Lipinski definition) is 2. The van der Waals surface area contributed by atoms with Gasteiger partial charge in [0.25, 0.3) is 15.9 Å². The van der Waals surface area contributed by atoms with Crippen LogP contribution in [0, 0.1) is 6.92 Å². The summed E-state index contributed by atoms with van der Waals surface area (Å²) < 4.78 is 33.6. The lowest BCUT2D eigenvalue weighted by molar-refractivity contribution is -0.122. The zero-order valence-electron chi connectivity index (χ0n) is 16.8. The van der Waals surface area contributed by atoms with Crippen molar-refractivity contribution in [3.05, 3.63) is 84.4 Å². The van der Waals surface area contributed by atoms with Gasteiger partial charge in [-0.25, -0.2) is 8.42 Å². The molecule has 3 aromatic rings. The van der Waals surface area contributed by atoms with Gasteiger partial charge in [-0.15, -0.1) is 0 Å². The summed E-state index contributed by atoms with van der Waals surface area (Å²) in [6, 6.07) is 22.3. The number of rotatable bonds is 8. The number of carbonyl (C=O) groups is 1. The first-order valence-corrected chi connectivity index (χ1v) is 11.1. The summed E-state index contributed by atoms with van der Waals surface area (Å²) in [6.45, 7) is 3.69. The highest BCUT2D eigenvalue weighted by Crippen LogP contribution is 2.21. The van der Waals surface area contributed by atoms with Gasteiger partial charge in [0, 0.05) is 5.69 Å². The lowest BCUT2D eigenvalue weighted by Gasteiger charge is -2.17. The molecule has 0 saturated carbocycles. The third-order valence-electron chi connectivity index (χ3n) is 4.51. The second kappa shape index (κ2) is 9.45. The van der Waals surface area contributed by atoms with E-state index in [-0.39, 0.29) is 10.8 Å². The van der Waals surface area contributed by atoms with Gasteiger partial charge < -0.3 is 10.1 Å². The zero-order chi connectivity index (χ0) is 21.6. The maximum absolute atomic E-state index is 12.6. The van der Waals surface area contributed by atoms with E-state index in [9.17, 15) is 13.2 Å². The lowest BCUT2D eigenvalue weighted by atomic mass is 10.2. The quantitative estimate of drug-likeness (QED) is 0.554. The predicted octanol–water partition coefficient (Wildman–Crippen LogP) is 4.59. The minimum Gasteiger partial charge on any atom is -0.481 e. The Bertz CT molecular complexity index is 1100. The summed E-state index contributed by atoms with van der Waals surface area (Å²) in [6.07, 6.45) is -0.161. The monoisotopic (exact) mass is 424 g/mol. The summed E-state index contributed by atoms with van der Waals surface area (Å²) in [5.74, 6) is 0.318. The highest BCUT2D eigenvalue weighted by atomic mass is 32.2. The standard InChI is InChI=1S/C23H24N2O4S/c1-3-22(29-19-10-5-4-6-11-19)23(26)24-18-13-15-20(16-14-18)30(27,28)25-21-12-8-7-9-17(21)2/h4-16,22,25H,3H2,1-2H3,(H,24,26)/t22-/m1/s1. The first kappa shape index (κ1) is 21.4. The van der Waals surface area contributed by atoms with Crippen LogP contribution >= 0.6 is 0 Å². The zero-order valence-corrected chi connectivity index (χ0v) is 17.6. The fourth-order valence-electron chi connectivity index (χ4n) is 2.82. The molecule has 0 aliphatic rings. The predicted molar refractivity (Wildman–Crippen MR) is 118 cm³/mol. The first-order chi connectivity index (χ1) is 14.4. The number of aryl methyl sites for hydroxylation is 1. The van der Waals surface area contributed by atoms with Crippen molar-refractivity contribution in [1.29, 1.82) is 0 Å². The SMILES string of the molecule is CC[C@@H](Oc1ccccc1)C(=O)Nc1ccc(S(=O)(=O)Nc2ccccc2C)cc1. The molecule has 0 aromatic heterocycles. The molecule has 0 aliphatic carbocycles. The molecule has 30 heavy (non-hydrogen) atoms. The Labute approximate surface area is 177 Å². The molecule has 0 bridgehead atoms. The molecule has 0 radical (unpaired) electrons. The minimum atomic E-state index is -3.73. The highest BCUT2D eigenvalue weighted by molar-refractivity contribution is 7.92. The molecule has 0 spiro atoms. The molecule has 0 aliphatic heterocycles. The van der Waals surface area contributed by atoms with Crippen LogP contribution < -0.4 is 14.8 Å². The van der Waals surface area contributed by atoms with Crippen molar-refractivity contribution in [3.63, 3.8) is 0 Å². The van der Waals surface area contributed by atoms with E-state index < -0.39 is 16.1 Å². The average Bonchev–Trinajstić information content (AvgIpc) is 2.74. The maximum Gasteiger partial charge on any atom is 0.265 e. The van der Waals surface area contributed by atoms with E-state index in [1.165, 1.54) is 12.1 Å². The van der Waals surface area contributed by atoms with Crippen molar-refractivity contribution in [3.8, 4) is 5.75 Å². The summed E-state index contributed by atoms with van der Waals surface area (Å²) in [7, 11) is -3.73. The van der Waals surface area contributed by atoms with E-state index >= 15 is 0 Å². The molecule has 3 aromatic carbocycles. The molecule has 7 heteroatoms. The topological polar surface area (TPSA) is 84.5 Å². The molecule has 156 valence electrons. The number of amides is 1. The summed E-state index contributed by atoms with van der Waals surface area (Å²) >= 11 is 0. The molecule has 1 atom stereocenters. The number of ether oxygens (including phenoxy) is 1. The van der Waals surface area contributed by atoms with Gasteiger partial charge in [-0.1, -0.05) is 43.3 Å². The van der Waals surface area contributed by atoms with E-state index in [1.54, 1.807) is 36.4 Å². The number of carbonyl (C=O) groups excluding carboxylic acids is 1. The van der Waals surface area contributed by atoms with Gasteiger partial charge in [-0.3, -0.25) is 9.52 Å². The summed E-state index contributed by atoms with van der Waals surface area (Å²) in [4.78, 5) is 12.6. The van der Waals surface area contributed by atoms with Crippen LogP contribution in [0.15, 0.2) is 83.8 Å². The summed E-state index contributed by atoms with van der Waals surface area (Å²) in [5, 5.41) is 2.77. The fraction of sp³-hybridized carbons (Fsp3) is 0.174. The lowest BCUT2D eigenvalue weighted by Crippen LogP contribution is -2.32. The van der Waals surface area contributed by atoms with E-state index in [0.717, 1.165) is 5.56 Å². The van der Waals surface area contributed by atoms with E-state index in [2.05, 4.69) is 10.0 Å². The normalized spacial score (nSPS) is 12.1. The Hall–Kier alpha value is -3.32. The molecular weight excluding hydrogens is 400 g/mol. The van der Waals surface area contributed by atoms with Gasteiger partial charge in [0.2, 0.25) is 0 Å². The molecule has 2 N–H and O–H groups in total. The second-order valence-electron chi connectivity index (χ2n) is 6.76.